The SMILES string of the molecule is CC(C)C(N)C(=O)N(Cc1cccs1)CC1CCCO1. The molecule has 20 heavy (non-hydrogen) atoms. The molecule has 0 spiro atoms. The van der Waals surface area contributed by atoms with E-state index >= 15 is 0 Å². The molecule has 1 aromatic rings. The molecule has 5 heteroatoms. The number of ether oxygens (including phenoxy) is 1. The molecule has 2 N–H and O–H groups in total. The molecule has 112 valence electrons. The maximum atomic E-state index is 12.5. The van der Waals surface area contributed by atoms with Crippen molar-refractivity contribution in [3.8, 4) is 0 Å². The molecule has 1 amide bonds. The summed E-state index contributed by atoms with van der Waals surface area (Å²) in [5, 5.41) is 2.03. The maximum absolute atomic E-state index is 12.5. The molecule has 0 aliphatic carbocycles. The Balaban J connectivity index is 2.03. The number of rotatable bonds is 6. The summed E-state index contributed by atoms with van der Waals surface area (Å²) in [4.78, 5) is 15.6. The monoisotopic (exact) mass is 296 g/mol. The minimum atomic E-state index is -0.434. The van der Waals surface area contributed by atoms with Crippen molar-refractivity contribution in [1.29, 1.82) is 0 Å². The first-order valence-corrected chi connectivity index (χ1v) is 8.14. The lowest BCUT2D eigenvalue weighted by Crippen LogP contribution is -2.48. The molecule has 0 aromatic carbocycles. The summed E-state index contributed by atoms with van der Waals surface area (Å²) >= 11 is 1.67. The summed E-state index contributed by atoms with van der Waals surface area (Å²) < 4.78 is 5.66. The number of nitrogens with zero attached hydrogens (tertiary/aromatic N) is 1. The first-order valence-electron chi connectivity index (χ1n) is 7.26. The van der Waals surface area contributed by atoms with Gasteiger partial charge in [0.05, 0.1) is 18.7 Å². The van der Waals surface area contributed by atoms with Gasteiger partial charge in [0.1, 0.15) is 0 Å². The first-order chi connectivity index (χ1) is 9.58. The second kappa shape index (κ2) is 7.20. The lowest BCUT2D eigenvalue weighted by molar-refractivity contribution is -0.135. The Morgan fingerprint density at radius 2 is 2.40 bits per heavy atom. The summed E-state index contributed by atoms with van der Waals surface area (Å²) in [6.45, 7) is 6.06. The third-order valence-corrected chi connectivity index (χ3v) is 4.55. The van der Waals surface area contributed by atoms with Crippen molar-refractivity contribution in [2.45, 2.75) is 45.4 Å². The van der Waals surface area contributed by atoms with Crippen LogP contribution in [-0.2, 0) is 16.1 Å². The molecule has 1 fully saturated rings. The zero-order chi connectivity index (χ0) is 14.5. The van der Waals surface area contributed by atoms with Gasteiger partial charge in [-0.15, -0.1) is 11.3 Å². The highest BCUT2D eigenvalue weighted by atomic mass is 32.1. The van der Waals surface area contributed by atoms with Crippen LogP contribution in [0, 0.1) is 5.92 Å². The van der Waals surface area contributed by atoms with Crippen molar-refractivity contribution < 1.29 is 9.53 Å². The number of thiophene rings is 1. The van der Waals surface area contributed by atoms with Gasteiger partial charge < -0.3 is 15.4 Å². The summed E-state index contributed by atoms with van der Waals surface area (Å²) in [7, 11) is 0. The molecule has 1 aromatic heterocycles. The minimum Gasteiger partial charge on any atom is -0.376 e. The van der Waals surface area contributed by atoms with E-state index in [0.717, 1.165) is 19.4 Å². The molecule has 2 heterocycles. The quantitative estimate of drug-likeness (QED) is 0.876. The van der Waals surface area contributed by atoms with Gasteiger partial charge in [0, 0.05) is 18.0 Å². The fraction of sp³-hybridized carbons (Fsp3) is 0.667. The summed E-state index contributed by atoms with van der Waals surface area (Å²) in [5.74, 6) is 0.182. The Kier molecular flexibility index (Phi) is 5.57. The van der Waals surface area contributed by atoms with Crippen LogP contribution in [0.4, 0.5) is 0 Å². The number of carbonyl (C=O) groups excluding carboxylic acids is 1. The first kappa shape index (κ1) is 15.5. The van der Waals surface area contributed by atoms with Crippen LogP contribution in [-0.4, -0.2) is 36.1 Å². The predicted octanol–water partition coefficient (Wildman–Crippen LogP) is 2.24. The molecule has 4 nitrogen and oxygen atoms in total. The van der Waals surface area contributed by atoms with Gasteiger partial charge in [-0.25, -0.2) is 0 Å². The Morgan fingerprint density at radius 3 is 2.95 bits per heavy atom. The third kappa shape index (κ3) is 4.04. The van der Waals surface area contributed by atoms with Gasteiger partial charge in [-0.3, -0.25) is 4.79 Å². The van der Waals surface area contributed by atoms with Crippen LogP contribution in [0.25, 0.3) is 0 Å². The molecule has 1 aliphatic heterocycles. The van der Waals surface area contributed by atoms with Crippen LogP contribution < -0.4 is 5.73 Å². The van der Waals surface area contributed by atoms with E-state index in [9.17, 15) is 4.79 Å². The highest BCUT2D eigenvalue weighted by Gasteiger charge is 2.27. The number of nitrogens with two attached hydrogens (primary N) is 1. The van der Waals surface area contributed by atoms with Crippen LogP contribution in [0.3, 0.4) is 0 Å². The van der Waals surface area contributed by atoms with Crippen LogP contribution in [0.15, 0.2) is 17.5 Å². The van der Waals surface area contributed by atoms with Gasteiger partial charge in [0.15, 0.2) is 0 Å². The van der Waals surface area contributed by atoms with Gasteiger partial charge in [-0.05, 0) is 30.2 Å². The normalized spacial score (nSPS) is 20.3. The lowest BCUT2D eigenvalue weighted by Gasteiger charge is -2.29. The zero-order valence-corrected chi connectivity index (χ0v) is 13.1. The Morgan fingerprint density at radius 1 is 1.60 bits per heavy atom. The van der Waals surface area contributed by atoms with Crippen molar-refractivity contribution in [1.82, 2.24) is 4.90 Å². The topological polar surface area (TPSA) is 55.6 Å². The van der Waals surface area contributed by atoms with E-state index in [2.05, 4.69) is 6.07 Å². The van der Waals surface area contributed by atoms with E-state index in [4.69, 9.17) is 10.5 Å². The average Bonchev–Trinajstić information content (AvgIpc) is 3.09. The smallest absolute Gasteiger partial charge is 0.240 e. The molecule has 1 aliphatic rings. The number of hydrogen-bond donors (Lipinski definition) is 1. The molecule has 0 radical (unpaired) electrons. The van der Waals surface area contributed by atoms with Gasteiger partial charge >= 0.3 is 0 Å². The number of carbonyl (C=O) groups is 1. The Bertz CT molecular complexity index is 414. The molecule has 2 atom stereocenters. The molecular weight excluding hydrogens is 272 g/mol. The van der Waals surface area contributed by atoms with Crippen LogP contribution in [0.1, 0.15) is 31.6 Å². The third-order valence-electron chi connectivity index (χ3n) is 3.69. The number of amides is 1. The van der Waals surface area contributed by atoms with E-state index in [0.29, 0.717) is 13.1 Å². The molecule has 1 saturated heterocycles. The van der Waals surface area contributed by atoms with Crippen molar-refractivity contribution in [3.63, 3.8) is 0 Å². The van der Waals surface area contributed by atoms with Gasteiger partial charge in [-0.2, -0.15) is 0 Å². The maximum Gasteiger partial charge on any atom is 0.240 e. The van der Waals surface area contributed by atoms with Crippen molar-refractivity contribution >= 4 is 17.2 Å². The van der Waals surface area contributed by atoms with E-state index in [-0.39, 0.29) is 17.9 Å². The minimum absolute atomic E-state index is 0.0314. The summed E-state index contributed by atoms with van der Waals surface area (Å²) in [5.41, 5.74) is 6.04. The molecule has 0 saturated carbocycles. The fourth-order valence-corrected chi connectivity index (χ4v) is 3.07. The zero-order valence-electron chi connectivity index (χ0n) is 12.2. The fourth-order valence-electron chi connectivity index (χ4n) is 2.35. The highest BCUT2D eigenvalue weighted by Crippen LogP contribution is 2.18. The summed E-state index contributed by atoms with van der Waals surface area (Å²) in [6.07, 6.45) is 2.28. The lowest BCUT2D eigenvalue weighted by atomic mass is 10.0. The second-order valence-electron chi connectivity index (χ2n) is 5.70. The van der Waals surface area contributed by atoms with Crippen LogP contribution in [0.5, 0.6) is 0 Å². The van der Waals surface area contributed by atoms with Crippen molar-refractivity contribution in [2.75, 3.05) is 13.2 Å². The van der Waals surface area contributed by atoms with Crippen molar-refractivity contribution in [3.05, 3.63) is 22.4 Å². The van der Waals surface area contributed by atoms with Crippen LogP contribution >= 0.6 is 11.3 Å². The van der Waals surface area contributed by atoms with E-state index in [1.165, 1.54) is 4.88 Å². The molecule has 0 bridgehead atoms. The Hall–Kier alpha value is -0.910. The van der Waals surface area contributed by atoms with E-state index in [1.54, 1.807) is 11.3 Å². The highest BCUT2D eigenvalue weighted by molar-refractivity contribution is 7.09. The van der Waals surface area contributed by atoms with Crippen LogP contribution in [0.2, 0.25) is 0 Å². The second-order valence-corrected chi connectivity index (χ2v) is 6.74. The van der Waals surface area contributed by atoms with E-state index < -0.39 is 6.04 Å². The Labute approximate surface area is 124 Å². The van der Waals surface area contributed by atoms with Gasteiger partial charge in [-0.1, -0.05) is 19.9 Å². The number of hydrogen-bond acceptors (Lipinski definition) is 4. The molecule has 2 rings (SSSR count). The average molecular weight is 296 g/mol. The largest absolute Gasteiger partial charge is 0.376 e. The van der Waals surface area contributed by atoms with Gasteiger partial charge in [0.25, 0.3) is 0 Å². The van der Waals surface area contributed by atoms with E-state index in [1.807, 2.05) is 30.2 Å². The summed E-state index contributed by atoms with van der Waals surface area (Å²) in [6, 6.07) is 3.63. The predicted molar refractivity (Wildman–Crippen MR) is 81.5 cm³/mol. The standard InChI is InChI=1S/C15H24N2O2S/c1-11(2)14(16)15(18)17(9-12-5-3-7-19-12)10-13-6-4-8-20-13/h4,6,8,11-12,14H,3,5,7,9-10,16H2,1-2H3. The van der Waals surface area contributed by atoms with Gasteiger partial charge in [0.2, 0.25) is 5.91 Å². The molecule has 2 unspecified atom stereocenters. The molecular formula is C15H24N2O2S. The van der Waals surface area contributed by atoms with Crippen molar-refractivity contribution in [2.24, 2.45) is 11.7 Å².